The highest BCUT2D eigenvalue weighted by Gasteiger charge is 2.15. The molecule has 21 heavy (non-hydrogen) atoms. The Balaban J connectivity index is 2.23. The van der Waals surface area contributed by atoms with Crippen molar-refractivity contribution >= 4 is 5.69 Å². The van der Waals surface area contributed by atoms with Crippen molar-refractivity contribution in [3.63, 3.8) is 0 Å². The molecule has 0 aliphatic carbocycles. The molecule has 0 fully saturated rings. The number of non-ortho nitro benzene ring substituents is 1. The van der Waals surface area contributed by atoms with E-state index in [0.717, 1.165) is 24.1 Å². The Morgan fingerprint density at radius 3 is 2.86 bits per heavy atom. The number of oxazole rings is 1. The first kappa shape index (κ1) is 15.2. The Morgan fingerprint density at radius 2 is 2.24 bits per heavy atom. The van der Waals surface area contributed by atoms with Crippen molar-refractivity contribution in [3.05, 3.63) is 46.0 Å². The van der Waals surface area contributed by atoms with E-state index in [1.54, 1.807) is 12.3 Å². The normalized spacial score (nSPS) is 12.3. The van der Waals surface area contributed by atoms with Gasteiger partial charge in [0.25, 0.3) is 5.69 Å². The van der Waals surface area contributed by atoms with Gasteiger partial charge in [-0.05, 0) is 38.4 Å². The van der Waals surface area contributed by atoms with Gasteiger partial charge in [-0.15, -0.1) is 0 Å². The number of nitrogens with zero attached hydrogens (tertiary/aromatic N) is 2. The van der Waals surface area contributed by atoms with Gasteiger partial charge >= 0.3 is 0 Å². The van der Waals surface area contributed by atoms with Gasteiger partial charge in [-0.2, -0.15) is 0 Å². The number of nitro groups is 1. The van der Waals surface area contributed by atoms with Gasteiger partial charge in [0, 0.05) is 17.7 Å². The van der Waals surface area contributed by atoms with Gasteiger partial charge in [0.1, 0.15) is 0 Å². The fourth-order valence-corrected chi connectivity index (χ4v) is 2.10. The Morgan fingerprint density at radius 1 is 1.48 bits per heavy atom. The van der Waals surface area contributed by atoms with E-state index in [1.807, 2.05) is 13.8 Å². The Hall–Kier alpha value is -2.21. The maximum Gasteiger partial charge on any atom is 0.269 e. The first-order valence-corrected chi connectivity index (χ1v) is 6.97. The number of aromatic nitrogens is 1. The second-order valence-corrected chi connectivity index (χ2v) is 4.99. The summed E-state index contributed by atoms with van der Waals surface area (Å²) in [5.74, 6) is 1.25. The molecule has 0 amide bonds. The minimum Gasteiger partial charge on any atom is -0.439 e. The van der Waals surface area contributed by atoms with Crippen LogP contribution in [0.15, 0.2) is 28.8 Å². The van der Waals surface area contributed by atoms with Crippen LogP contribution in [-0.2, 0) is 0 Å². The molecule has 2 rings (SSSR count). The molecule has 0 saturated carbocycles. The molecule has 1 aromatic heterocycles. The van der Waals surface area contributed by atoms with Crippen molar-refractivity contribution in [2.45, 2.75) is 33.2 Å². The van der Waals surface area contributed by atoms with Gasteiger partial charge in [-0.3, -0.25) is 10.1 Å². The number of benzene rings is 1. The monoisotopic (exact) mass is 289 g/mol. The number of hydrogen-bond acceptors (Lipinski definition) is 5. The molecule has 1 aromatic carbocycles. The van der Waals surface area contributed by atoms with Gasteiger partial charge in [0.2, 0.25) is 5.89 Å². The van der Waals surface area contributed by atoms with Gasteiger partial charge < -0.3 is 9.73 Å². The van der Waals surface area contributed by atoms with E-state index in [1.165, 1.54) is 12.1 Å². The van der Waals surface area contributed by atoms with Crippen LogP contribution in [0.3, 0.4) is 0 Å². The lowest BCUT2D eigenvalue weighted by Gasteiger charge is -2.08. The second kappa shape index (κ2) is 6.49. The molecule has 2 aromatic rings. The van der Waals surface area contributed by atoms with E-state index >= 15 is 0 Å². The van der Waals surface area contributed by atoms with Crippen LogP contribution in [0.4, 0.5) is 5.69 Å². The van der Waals surface area contributed by atoms with Crippen molar-refractivity contribution in [2.75, 3.05) is 6.54 Å². The van der Waals surface area contributed by atoms with Gasteiger partial charge in [-0.25, -0.2) is 4.98 Å². The highest BCUT2D eigenvalue weighted by atomic mass is 16.6. The molecule has 0 spiro atoms. The van der Waals surface area contributed by atoms with Gasteiger partial charge in [0.05, 0.1) is 17.2 Å². The zero-order valence-electron chi connectivity index (χ0n) is 12.4. The molecule has 1 heterocycles. The predicted molar refractivity (Wildman–Crippen MR) is 80.0 cm³/mol. The van der Waals surface area contributed by atoms with Crippen LogP contribution >= 0.6 is 0 Å². The lowest BCUT2D eigenvalue weighted by Crippen LogP contribution is -2.19. The fourth-order valence-electron chi connectivity index (χ4n) is 2.10. The number of rotatable bonds is 6. The van der Waals surface area contributed by atoms with Crippen molar-refractivity contribution in [3.8, 4) is 11.3 Å². The largest absolute Gasteiger partial charge is 0.439 e. The van der Waals surface area contributed by atoms with E-state index < -0.39 is 4.92 Å². The van der Waals surface area contributed by atoms with Gasteiger partial charge in [-0.1, -0.05) is 6.92 Å². The number of nitro benzene ring substituents is 1. The molecule has 0 aliphatic rings. The molecule has 0 saturated heterocycles. The Labute approximate surface area is 123 Å². The van der Waals surface area contributed by atoms with Crippen LogP contribution in [0, 0.1) is 17.0 Å². The Bertz CT molecular complexity index is 637. The lowest BCUT2D eigenvalue weighted by molar-refractivity contribution is -0.384. The third kappa shape index (κ3) is 3.46. The quantitative estimate of drug-likeness (QED) is 0.648. The summed E-state index contributed by atoms with van der Waals surface area (Å²) in [6.45, 7) is 6.81. The maximum absolute atomic E-state index is 10.8. The summed E-state index contributed by atoms with van der Waals surface area (Å²) in [4.78, 5) is 14.6. The molecule has 1 atom stereocenters. The third-order valence-electron chi connectivity index (χ3n) is 3.28. The van der Waals surface area contributed by atoms with Crippen molar-refractivity contribution in [1.82, 2.24) is 10.3 Å². The average molecular weight is 289 g/mol. The van der Waals surface area contributed by atoms with Crippen molar-refractivity contribution < 1.29 is 9.34 Å². The molecule has 1 unspecified atom stereocenters. The molecule has 0 aliphatic heterocycles. The maximum atomic E-state index is 10.8. The van der Waals surface area contributed by atoms with Crippen molar-refractivity contribution in [2.24, 2.45) is 0 Å². The molecular formula is C15H19N3O3. The van der Waals surface area contributed by atoms with E-state index in [2.05, 4.69) is 17.2 Å². The Kier molecular flexibility index (Phi) is 4.70. The van der Waals surface area contributed by atoms with Crippen LogP contribution in [0.1, 0.15) is 37.8 Å². The standard InChI is InChI=1S/C15H19N3O3/c1-4-7-16-11(3)15-17-9-14(21-15)13-6-5-12(18(19)20)8-10(13)2/h5-6,8-9,11,16H,4,7H2,1-3H3. The fraction of sp³-hybridized carbons (Fsp3) is 0.400. The molecule has 1 N–H and O–H groups in total. The summed E-state index contributed by atoms with van der Waals surface area (Å²) < 4.78 is 5.77. The molecule has 6 heteroatoms. The summed E-state index contributed by atoms with van der Waals surface area (Å²) >= 11 is 0. The number of aryl methyl sites for hydroxylation is 1. The van der Waals surface area contributed by atoms with E-state index in [-0.39, 0.29) is 11.7 Å². The number of hydrogen-bond donors (Lipinski definition) is 1. The van der Waals surface area contributed by atoms with E-state index in [0.29, 0.717) is 11.7 Å². The zero-order valence-corrected chi connectivity index (χ0v) is 12.4. The first-order valence-electron chi connectivity index (χ1n) is 6.97. The first-order chi connectivity index (χ1) is 10.0. The van der Waals surface area contributed by atoms with Crippen LogP contribution in [0.2, 0.25) is 0 Å². The molecule has 6 nitrogen and oxygen atoms in total. The zero-order chi connectivity index (χ0) is 15.4. The smallest absolute Gasteiger partial charge is 0.269 e. The summed E-state index contributed by atoms with van der Waals surface area (Å²) in [6.07, 6.45) is 2.70. The van der Waals surface area contributed by atoms with E-state index in [4.69, 9.17) is 4.42 Å². The molecule has 112 valence electrons. The lowest BCUT2D eigenvalue weighted by atomic mass is 10.1. The SMILES string of the molecule is CCCNC(C)c1ncc(-c2ccc([N+](=O)[O-])cc2C)o1. The number of nitrogens with one attached hydrogen (secondary N) is 1. The summed E-state index contributed by atoms with van der Waals surface area (Å²) in [5.41, 5.74) is 1.69. The second-order valence-electron chi connectivity index (χ2n) is 4.99. The summed E-state index contributed by atoms with van der Waals surface area (Å²) in [7, 11) is 0. The predicted octanol–water partition coefficient (Wildman–Crippen LogP) is 3.62. The molecule has 0 bridgehead atoms. The minimum atomic E-state index is -0.403. The molecular weight excluding hydrogens is 270 g/mol. The topological polar surface area (TPSA) is 81.2 Å². The van der Waals surface area contributed by atoms with Crippen molar-refractivity contribution in [1.29, 1.82) is 0 Å². The van der Waals surface area contributed by atoms with Crippen LogP contribution < -0.4 is 5.32 Å². The van der Waals surface area contributed by atoms with Crippen LogP contribution in [0.25, 0.3) is 11.3 Å². The highest BCUT2D eigenvalue weighted by Crippen LogP contribution is 2.28. The van der Waals surface area contributed by atoms with E-state index in [9.17, 15) is 10.1 Å². The minimum absolute atomic E-state index is 0.0389. The highest BCUT2D eigenvalue weighted by molar-refractivity contribution is 5.63. The third-order valence-corrected chi connectivity index (χ3v) is 3.28. The van der Waals surface area contributed by atoms with Crippen LogP contribution in [-0.4, -0.2) is 16.5 Å². The van der Waals surface area contributed by atoms with Crippen LogP contribution in [0.5, 0.6) is 0 Å². The van der Waals surface area contributed by atoms with Gasteiger partial charge in [0.15, 0.2) is 5.76 Å². The molecule has 0 radical (unpaired) electrons. The summed E-state index contributed by atoms with van der Waals surface area (Å²) in [5, 5.41) is 14.1. The summed E-state index contributed by atoms with van der Waals surface area (Å²) in [6, 6.07) is 4.75. The average Bonchev–Trinajstić information content (AvgIpc) is 2.94.